The third kappa shape index (κ3) is 3.33. The van der Waals surface area contributed by atoms with E-state index in [9.17, 15) is 4.79 Å². The van der Waals surface area contributed by atoms with Gasteiger partial charge in [0, 0.05) is 12.1 Å². The van der Waals surface area contributed by atoms with Gasteiger partial charge < -0.3 is 9.64 Å². The van der Waals surface area contributed by atoms with Crippen LogP contribution in [0.15, 0.2) is 78.9 Å². The minimum atomic E-state index is 0.104. The lowest BCUT2D eigenvalue weighted by Gasteiger charge is -2.25. The maximum absolute atomic E-state index is 12.5. The van der Waals surface area contributed by atoms with Gasteiger partial charge in [0.1, 0.15) is 11.5 Å². The van der Waals surface area contributed by atoms with E-state index in [1.54, 1.807) is 0 Å². The zero-order valence-corrected chi connectivity index (χ0v) is 14.8. The molecule has 1 unspecified atom stereocenters. The fraction of sp³-hybridized carbons (Fsp3) is 0.174. The lowest BCUT2D eigenvalue weighted by Crippen LogP contribution is -2.27. The Hall–Kier alpha value is -3.07. The van der Waals surface area contributed by atoms with Crippen LogP contribution in [0.2, 0.25) is 0 Å². The minimum absolute atomic E-state index is 0.104. The van der Waals surface area contributed by atoms with E-state index < -0.39 is 0 Å². The van der Waals surface area contributed by atoms with Crippen molar-refractivity contribution in [1.29, 1.82) is 0 Å². The molecule has 130 valence electrons. The number of rotatable bonds is 4. The number of hydrogen-bond donors (Lipinski definition) is 0. The van der Waals surface area contributed by atoms with Crippen LogP contribution in [0.4, 0.5) is 5.69 Å². The van der Waals surface area contributed by atoms with Gasteiger partial charge in [-0.2, -0.15) is 0 Å². The van der Waals surface area contributed by atoms with E-state index in [1.807, 2.05) is 71.6 Å². The molecule has 0 N–H and O–H groups in total. The van der Waals surface area contributed by atoms with E-state index in [1.165, 1.54) is 11.1 Å². The summed E-state index contributed by atoms with van der Waals surface area (Å²) in [4.78, 5) is 14.4. The molecular formula is C23H21NO2. The zero-order valence-electron chi connectivity index (χ0n) is 14.8. The SMILES string of the molecule is Cc1ccc(Oc2ccc(N3C(=O)CCC3c3ccccc3)cc2)cc1. The Balaban J connectivity index is 1.55. The maximum atomic E-state index is 12.5. The largest absolute Gasteiger partial charge is 0.457 e. The second kappa shape index (κ2) is 7.04. The van der Waals surface area contributed by atoms with Crippen molar-refractivity contribution in [3.63, 3.8) is 0 Å². The molecule has 1 amide bonds. The lowest BCUT2D eigenvalue weighted by molar-refractivity contribution is -0.117. The van der Waals surface area contributed by atoms with E-state index in [0.717, 1.165) is 23.6 Å². The predicted octanol–water partition coefficient (Wildman–Crippen LogP) is 5.66. The highest BCUT2D eigenvalue weighted by molar-refractivity contribution is 5.96. The normalized spacial score (nSPS) is 16.7. The average molecular weight is 343 g/mol. The predicted molar refractivity (Wildman–Crippen MR) is 104 cm³/mol. The quantitative estimate of drug-likeness (QED) is 0.612. The molecule has 1 fully saturated rings. The Bertz CT molecular complexity index is 886. The molecular weight excluding hydrogens is 322 g/mol. The first kappa shape index (κ1) is 16.4. The summed E-state index contributed by atoms with van der Waals surface area (Å²) in [6.07, 6.45) is 1.44. The van der Waals surface area contributed by atoms with Crippen molar-refractivity contribution >= 4 is 11.6 Å². The standard InChI is InChI=1S/C23H21NO2/c1-17-7-11-20(12-8-17)26-21-13-9-19(10-14-21)24-22(15-16-23(24)25)18-5-3-2-4-6-18/h2-14,22H,15-16H2,1H3. The van der Waals surface area contributed by atoms with Crippen LogP contribution >= 0.6 is 0 Å². The topological polar surface area (TPSA) is 29.5 Å². The highest BCUT2D eigenvalue weighted by Crippen LogP contribution is 2.37. The van der Waals surface area contributed by atoms with Gasteiger partial charge in [-0.05, 0) is 55.3 Å². The molecule has 0 radical (unpaired) electrons. The molecule has 0 saturated carbocycles. The van der Waals surface area contributed by atoms with Gasteiger partial charge in [-0.25, -0.2) is 0 Å². The fourth-order valence-electron chi connectivity index (χ4n) is 3.42. The summed E-state index contributed by atoms with van der Waals surface area (Å²) in [7, 11) is 0. The van der Waals surface area contributed by atoms with Gasteiger partial charge in [0.25, 0.3) is 0 Å². The summed E-state index contributed by atoms with van der Waals surface area (Å²) in [6.45, 7) is 2.05. The summed E-state index contributed by atoms with van der Waals surface area (Å²) in [5.41, 5.74) is 3.29. The van der Waals surface area contributed by atoms with E-state index in [4.69, 9.17) is 4.74 Å². The fourth-order valence-corrected chi connectivity index (χ4v) is 3.42. The smallest absolute Gasteiger partial charge is 0.227 e. The summed E-state index contributed by atoms with van der Waals surface area (Å²) in [6, 6.07) is 26.1. The first-order valence-corrected chi connectivity index (χ1v) is 8.92. The number of aryl methyl sites for hydroxylation is 1. The maximum Gasteiger partial charge on any atom is 0.227 e. The van der Waals surface area contributed by atoms with Crippen molar-refractivity contribution in [2.75, 3.05) is 4.90 Å². The number of nitrogens with zero attached hydrogens (tertiary/aromatic N) is 1. The lowest BCUT2D eigenvalue weighted by atomic mass is 10.0. The Labute approximate surface area is 153 Å². The van der Waals surface area contributed by atoms with Gasteiger partial charge in [0.15, 0.2) is 0 Å². The van der Waals surface area contributed by atoms with Gasteiger partial charge in [0.2, 0.25) is 5.91 Å². The van der Waals surface area contributed by atoms with Crippen LogP contribution in [-0.4, -0.2) is 5.91 Å². The average Bonchev–Trinajstić information content (AvgIpc) is 3.06. The second-order valence-corrected chi connectivity index (χ2v) is 6.64. The van der Waals surface area contributed by atoms with Gasteiger partial charge in [-0.1, -0.05) is 48.0 Å². The van der Waals surface area contributed by atoms with E-state index in [0.29, 0.717) is 6.42 Å². The molecule has 0 aromatic heterocycles. The number of amides is 1. The van der Waals surface area contributed by atoms with Crippen molar-refractivity contribution in [2.24, 2.45) is 0 Å². The third-order valence-electron chi connectivity index (χ3n) is 4.77. The highest BCUT2D eigenvalue weighted by atomic mass is 16.5. The summed E-state index contributed by atoms with van der Waals surface area (Å²) in [5.74, 6) is 1.74. The molecule has 1 aliphatic heterocycles. The van der Waals surface area contributed by atoms with Gasteiger partial charge in [0.05, 0.1) is 6.04 Å². The van der Waals surface area contributed by atoms with Crippen molar-refractivity contribution in [3.8, 4) is 11.5 Å². The van der Waals surface area contributed by atoms with Crippen molar-refractivity contribution in [2.45, 2.75) is 25.8 Å². The van der Waals surface area contributed by atoms with Crippen LogP contribution in [0.3, 0.4) is 0 Å². The minimum Gasteiger partial charge on any atom is -0.457 e. The molecule has 1 aliphatic rings. The number of hydrogen-bond acceptors (Lipinski definition) is 2. The number of anilines is 1. The van der Waals surface area contributed by atoms with Crippen LogP contribution in [0.25, 0.3) is 0 Å². The van der Waals surface area contributed by atoms with Crippen molar-refractivity contribution in [3.05, 3.63) is 90.0 Å². The number of carbonyl (C=O) groups excluding carboxylic acids is 1. The first-order valence-electron chi connectivity index (χ1n) is 8.92. The number of ether oxygens (including phenoxy) is 1. The third-order valence-corrected chi connectivity index (χ3v) is 4.77. The van der Waals surface area contributed by atoms with E-state index in [2.05, 4.69) is 19.1 Å². The van der Waals surface area contributed by atoms with E-state index in [-0.39, 0.29) is 11.9 Å². The molecule has 3 aromatic carbocycles. The van der Waals surface area contributed by atoms with Crippen LogP contribution in [0, 0.1) is 6.92 Å². The molecule has 0 spiro atoms. The molecule has 0 bridgehead atoms. The number of carbonyl (C=O) groups is 1. The molecule has 1 heterocycles. The highest BCUT2D eigenvalue weighted by Gasteiger charge is 2.33. The van der Waals surface area contributed by atoms with Gasteiger partial charge in [-0.3, -0.25) is 4.79 Å². The second-order valence-electron chi connectivity index (χ2n) is 6.64. The molecule has 3 aromatic rings. The molecule has 4 rings (SSSR count). The molecule has 0 aliphatic carbocycles. The molecule has 1 saturated heterocycles. The molecule has 3 nitrogen and oxygen atoms in total. The Morgan fingerprint density at radius 3 is 2.12 bits per heavy atom. The van der Waals surface area contributed by atoms with Crippen LogP contribution in [0.1, 0.15) is 30.0 Å². The van der Waals surface area contributed by atoms with Crippen LogP contribution in [-0.2, 0) is 4.79 Å². The Morgan fingerprint density at radius 2 is 1.46 bits per heavy atom. The molecule has 26 heavy (non-hydrogen) atoms. The van der Waals surface area contributed by atoms with Crippen molar-refractivity contribution in [1.82, 2.24) is 0 Å². The van der Waals surface area contributed by atoms with Gasteiger partial charge in [-0.15, -0.1) is 0 Å². The zero-order chi connectivity index (χ0) is 17.9. The van der Waals surface area contributed by atoms with Crippen LogP contribution < -0.4 is 9.64 Å². The first-order chi connectivity index (χ1) is 12.7. The monoisotopic (exact) mass is 343 g/mol. The summed E-state index contributed by atoms with van der Waals surface area (Å²) < 4.78 is 5.89. The van der Waals surface area contributed by atoms with Gasteiger partial charge >= 0.3 is 0 Å². The Morgan fingerprint density at radius 1 is 0.846 bits per heavy atom. The molecule has 3 heteroatoms. The summed E-state index contributed by atoms with van der Waals surface area (Å²) >= 11 is 0. The van der Waals surface area contributed by atoms with Crippen molar-refractivity contribution < 1.29 is 9.53 Å². The Kier molecular flexibility index (Phi) is 4.44. The van der Waals surface area contributed by atoms with E-state index >= 15 is 0 Å². The summed E-state index contributed by atoms with van der Waals surface area (Å²) in [5, 5.41) is 0. The molecule has 1 atom stereocenters. The van der Waals surface area contributed by atoms with Crippen LogP contribution in [0.5, 0.6) is 11.5 Å². The number of benzene rings is 3.